The second-order valence-corrected chi connectivity index (χ2v) is 5.55. The monoisotopic (exact) mass is 239 g/mol. The molecule has 1 saturated heterocycles. The van der Waals surface area contributed by atoms with Crippen LogP contribution in [0.3, 0.4) is 0 Å². The van der Waals surface area contributed by atoms with Gasteiger partial charge >= 0.3 is 0 Å². The summed E-state index contributed by atoms with van der Waals surface area (Å²) in [5.41, 5.74) is 1.04. The van der Waals surface area contributed by atoms with Crippen LogP contribution in [-0.4, -0.2) is 17.5 Å². The van der Waals surface area contributed by atoms with E-state index in [-0.39, 0.29) is 11.9 Å². The van der Waals surface area contributed by atoms with Crippen LogP contribution >= 0.6 is 11.8 Å². The summed E-state index contributed by atoms with van der Waals surface area (Å²) in [6.45, 7) is 2.11. The molecule has 0 bridgehead atoms. The molecule has 1 N–H and O–H groups in total. The Balaban J connectivity index is 1.94. The average molecular weight is 239 g/mol. The van der Waals surface area contributed by atoms with E-state index in [9.17, 15) is 4.39 Å². The normalized spacial score (nSPS) is 19.6. The molecule has 0 aliphatic carbocycles. The molecule has 3 heteroatoms. The van der Waals surface area contributed by atoms with Crippen molar-refractivity contribution >= 4 is 11.8 Å². The lowest BCUT2D eigenvalue weighted by Crippen LogP contribution is -2.34. The van der Waals surface area contributed by atoms with Crippen molar-refractivity contribution < 1.29 is 4.39 Å². The van der Waals surface area contributed by atoms with Crippen LogP contribution in [0.15, 0.2) is 24.3 Å². The van der Waals surface area contributed by atoms with Gasteiger partial charge in [-0.2, -0.15) is 11.8 Å². The number of hydrogen-bond donors (Lipinski definition) is 1. The van der Waals surface area contributed by atoms with Crippen molar-refractivity contribution in [3.63, 3.8) is 0 Å². The molecular formula is C13H18FNS. The van der Waals surface area contributed by atoms with Crippen LogP contribution in [0.5, 0.6) is 0 Å². The molecule has 0 saturated carbocycles. The van der Waals surface area contributed by atoms with E-state index in [2.05, 4.69) is 12.2 Å². The van der Waals surface area contributed by atoms with Gasteiger partial charge in [-0.1, -0.05) is 12.1 Å². The standard InChI is InChI=1S/C13H18FNS/c1-10(11-3-2-4-12(14)9-11)15-13-5-7-16-8-6-13/h2-4,9-10,13,15H,5-8H2,1H3/t10-/m1/s1. The summed E-state index contributed by atoms with van der Waals surface area (Å²) in [6.07, 6.45) is 2.45. The summed E-state index contributed by atoms with van der Waals surface area (Å²) in [5, 5.41) is 3.58. The van der Waals surface area contributed by atoms with E-state index in [4.69, 9.17) is 0 Å². The molecule has 1 aromatic carbocycles. The van der Waals surface area contributed by atoms with Crippen molar-refractivity contribution in [2.24, 2.45) is 0 Å². The number of nitrogens with one attached hydrogen (secondary N) is 1. The van der Waals surface area contributed by atoms with Crippen molar-refractivity contribution in [3.8, 4) is 0 Å². The van der Waals surface area contributed by atoms with Gasteiger partial charge in [-0.15, -0.1) is 0 Å². The molecule has 0 unspecified atom stereocenters. The van der Waals surface area contributed by atoms with E-state index in [1.807, 2.05) is 17.8 Å². The van der Waals surface area contributed by atoms with Gasteiger partial charge in [0.1, 0.15) is 5.82 Å². The van der Waals surface area contributed by atoms with Crippen molar-refractivity contribution in [2.45, 2.75) is 31.8 Å². The topological polar surface area (TPSA) is 12.0 Å². The maximum atomic E-state index is 13.1. The summed E-state index contributed by atoms with van der Waals surface area (Å²) in [6, 6.07) is 7.71. The van der Waals surface area contributed by atoms with E-state index in [0.29, 0.717) is 6.04 Å². The molecule has 1 fully saturated rings. The number of rotatable bonds is 3. The lowest BCUT2D eigenvalue weighted by Gasteiger charge is -2.26. The van der Waals surface area contributed by atoms with Crippen LogP contribution in [-0.2, 0) is 0 Å². The van der Waals surface area contributed by atoms with Crippen molar-refractivity contribution in [3.05, 3.63) is 35.6 Å². The highest BCUT2D eigenvalue weighted by molar-refractivity contribution is 7.99. The number of halogens is 1. The SMILES string of the molecule is C[C@@H](NC1CCSCC1)c1cccc(F)c1. The third-order valence-electron chi connectivity index (χ3n) is 3.06. The highest BCUT2D eigenvalue weighted by Gasteiger charge is 2.16. The zero-order valence-corrected chi connectivity index (χ0v) is 10.4. The third kappa shape index (κ3) is 3.22. The lowest BCUT2D eigenvalue weighted by atomic mass is 10.1. The van der Waals surface area contributed by atoms with Crippen LogP contribution in [0.4, 0.5) is 4.39 Å². The Kier molecular flexibility index (Phi) is 4.24. The van der Waals surface area contributed by atoms with Gasteiger partial charge < -0.3 is 5.32 Å². The van der Waals surface area contributed by atoms with Crippen LogP contribution < -0.4 is 5.32 Å². The van der Waals surface area contributed by atoms with Gasteiger partial charge in [0.15, 0.2) is 0 Å². The smallest absolute Gasteiger partial charge is 0.123 e. The molecule has 1 aliphatic heterocycles. The Morgan fingerprint density at radius 3 is 2.81 bits per heavy atom. The third-order valence-corrected chi connectivity index (χ3v) is 4.10. The maximum absolute atomic E-state index is 13.1. The first-order valence-electron chi connectivity index (χ1n) is 5.85. The molecule has 88 valence electrons. The molecule has 16 heavy (non-hydrogen) atoms. The molecule has 0 radical (unpaired) electrons. The fraction of sp³-hybridized carbons (Fsp3) is 0.538. The summed E-state index contributed by atoms with van der Waals surface area (Å²) in [4.78, 5) is 0. The number of thioether (sulfide) groups is 1. The van der Waals surface area contributed by atoms with Gasteiger partial charge in [0.2, 0.25) is 0 Å². The Bertz CT molecular complexity index is 336. The molecule has 1 nitrogen and oxygen atoms in total. The van der Waals surface area contributed by atoms with E-state index in [1.54, 1.807) is 12.1 Å². The van der Waals surface area contributed by atoms with E-state index >= 15 is 0 Å². The average Bonchev–Trinajstić information content (AvgIpc) is 2.30. The zero-order valence-electron chi connectivity index (χ0n) is 9.58. The van der Waals surface area contributed by atoms with E-state index in [1.165, 1.54) is 30.4 Å². The predicted molar refractivity (Wildman–Crippen MR) is 68.3 cm³/mol. The first-order chi connectivity index (χ1) is 7.75. The van der Waals surface area contributed by atoms with E-state index < -0.39 is 0 Å². The van der Waals surface area contributed by atoms with Gasteiger partial charge in [-0.05, 0) is 49.0 Å². The van der Waals surface area contributed by atoms with Gasteiger partial charge in [0.25, 0.3) is 0 Å². The molecule has 0 amide bonds. The van der Waals surface area contributed by atoms with Crippen LogP contribution in [0.1, 0.15) is 31.4 Å². The number of benzene rings is 1. The van der Waals surface area contributed by atoms with Gasteiger partial charge in [0.05, 0.1) is 0 Å². The molecule has 0 aromatic heterocycles. The Hall–Kier alpha value is -0.540. The molecular weight excluding hydrogens is 221 g/mol. The van der Waals surface area contributed by atoms with Gasteiger partial charge in [0, 0.05) is 12.1 Å². The van der Waals surface area contributed by atoms with Gasteiger partial charge in [-0.3, -0.25) is 0 Å². The minimum Gasteiger partial charge on any atom is -0.307 e. The fourth-order valence-electron chi connectivity index (χ4n) is 2.09. The summed E-state index contributed by atoms with van der Waals surface area (Å²) < 4.78 is 13.1. The van der Waals surface area contributed by atoms with Crippen molar-refractivity contribution in [1.29, 1.82) is 0 Å². The van der Waals surface area contributed by atoms with Crippen LogP contribution in [0.25, 0.3) is 0 Å². The molecule has 1 atom stereocenters. The lowest BCUT2D eigenvalue weighted by molar-refractivity contribution is 0.430. The molecule has 1 aliphatic rings. The minimum absolute atomic E-state index is 0.148. The van der Waals surface area contributed by atoms with Crippen molar-refractivity contribution in [1.82, 2.24) is 5.32 Å². The van der Waals surface area contributed by atoms with E-state index in [0.717, 1.165) is 5.56 Å². The molecule has 1 aromatic rings. The molecule has 1 heterocycles. The van der Waals surface area contributed by atoms with Crippen LogP contribution in [0.2, 0.25) is 0 Å². The zero-order chi connectivity index (χ0) is 11.4. The molecule has 0 spiro atoms. The predicted octanol–water partition coefficient (Wildman–Crippen LogP) is 3.37. The molecule has 2 rings (SSSR count). The highest BCUT2D eigenvalue weighted by atomic mass is 32.2. The fourth-order valence-corrected chi connectivity index (χ4v) is 3.20. The first kappa shape index (κ1) is 11.9. The highest BCUT2D eigenvalue weighted by Crippen LogP contribution is 2.21. The quantitative estimate of drug-likeness (QED) is 0.868. The van der Waals surface area contributed by atoms with Gasteiger partial charge in [-0.25, -0.2) is 4.39 Å². The Morgan fingerprint density at radius 1 is 1.38 bits per heavy atom. The summed E-state index contributed by atoms with van der Waals surface area (Å²) >= 11 is 2.02. The Labute approximate surface area is 101 Å². The summed E-state index contributed by atoms with van der Waals surface area (Å²) in [7, 11) is 0. The largest absolute Gasteiger partial charge is 0.307 e. The van der Waals surface area contributed by atoms with Crippen LogP contribution in [0, 0.1) is 5.82 Å². The van der Waals surface area contributed by atoms with Crippen molar-refractivity contribution in [2.75, 3.05) is 11.5 Å². The minimum atomic E-state index is -0.148. The second kappa shape index (κ2) is 5.69. The Morgan fingerprint density at radius 2 is 2.12 bits per heavy atom. The maximum Gasteiger partial charge on any atom is 0.123 e. The second-order valence-electron chi connectivity index (χ2n) is 4.33. The number of hydrogen-bond acceptors (Lipinski definition) is 2. The first-order valence-corrected chi connectivity index (χ1v) is 7.00. The summed E-state index contributed by atoms with van der Waals surface area (Å²) in [5.74, 6) is 2.34.